The lowest BCUT2D eigenvalue weighted by molar-refractivity contribution is -0.221. The minimum atomic E-state index is -5.43. The lowest BCUT2D eigenvalue weighted by Crippen LogP contribution is -2.57. The summed E-state index contributed by atoms with van der Waals surface area (Å²) in [6, 6.07) is -2.57. The van der Waals surface area contributed by atoms with Gasteiger partial charge in [0.1, 0.15) is 12.2 Å². The highest BCUT2D eigenvalue weighted by molar-refractivity contribution is 5.82. The Labute approximate surface area is 91.4 Å². The predicted octanol–water partition coefficient (Wildman–Crippen LogP) is 2.44. The van der Waals surface area contributed by atoms with Gasteiger partial charge in [-0.25, -0.2) is 4.39 Å². The molecule has 100 valence electrons. The van der Waals surface area contributed by atoms with Crippen molar-refractivity contribution in [2.45, 2.75) is 37.4 Å². The minimum absolute atomic E-state index is 0.478. The Balaban J connectivity index is 2.94. The lowest BCUT2D eigenvalue weighted by atomic mass is 10.0. The third kappa shape index (κ3) is 3.22. The summed E-state index contributed by atoms with van der Waals surface area (Å²) < 4.78 is 86.1. The Morgan fingerprint density at radius 1 is 1.06 bits per heavy atom. The standard InChI is InChI=1S/C8H8F7NO/c9-4-1-2-5(7(10,11)12)16(3-4)6(17)8(13,14)15/h4-5H,1-3H2. The minimum Gasteiger partial charge on any atom is -0.320 e. The quantitative estimate of drug-likeness (QED) is 0.617. The van der Waals surface area contributed by atoms with E-state index in [1.165, 1.54) is 0 Å². The van der Waals surface area contributed by atoms with Gasteiger partial charge in [0.05, 0.1) is 6.54 Å². The van der Waals surface area contributed by atoms with Crippen LogP contribution in [0, 0.1) is 0 Å². The van der Waals surface area contributed by atoms with E-state index in [2.05, 4.69) is 0 Å². The molecule has 2 unspecified atom stereocenters. The number of rotatable bonds is 0. The Morgan fingerprint density at radius 2 is 1.59 bits per heavy atom. The van der Waals surface area contributed by atoms with Crippen molar-refractivity contribution in [2.75, 3.05) is 6.54 Å². The van der Waals surface area contributed by atoms with Crippen molar-refractivity contribution in [3.05, 3.63) is 0 Å². The molecule has 0 bridgehead atoms. The van der Waals surface area contributed by atoms with Gasteiger partial charge in [-0.15, -0.1) is 0 Å². The SMILES string of the molecule is O=C(N1CC(F)CCC1C(F)(F)F)C(F)(F)F. The van der Waals surface area contributed by atoms with Gasteiger partial charge < -0.3 is 4.90 Å². The molecule has 0 N–H and O–H groups in total. The van der Waals surface area contributed by atoms with E-state index in [0.717, 1.165) is 0 Å². The van der Waals surface area contributed by atoms with Crippen molar-refractivity contribution in [3.8, 4) is 0 Å². The number of likely N-dealkylation sites (tertiary alicyclic amines) is 1. The number of hydrogen-bond donors (Lipinski definition) is 0. The second kappa shape index (κ2) is 4.34. The van der Waals surface area contributed by atoms with E-state index in [1.54, 1.807) is 0 Å². The normalized spacial score (nSPS) is 27.1. The van der Waals surface area contributed by atoms with Crippen molar-refractivity contribution in [2.24, 2.45) is 0 Å². The number of halogens is 7. The molecule has 0 aliphatic carbocycles. The van der Waals surface area contributed by atoms with Gasteiger partial charge in [0.2, 0.25) is 0 Å². The van der Waals surface area contributed by atoms with Gasteiger partial charge in [-0.1, -0.05) is 0 Å². The zero-order valence-electron chi connectivity index (χ0n) is 8.28. The maximum Gasteiger partial charge on any atom is 0.471 e. The van der Waals surface area contributed by atoms with Crippen LogP contribution < -0.4 is 0 Å². The molecule has 9 heteroatoms. The van der Waals surface area contributed by atoms with Crippen LogP contribution in [0.2, 0.25) is 0 Å². The van der Waals surface area contributed by atoms with Gasteiger partial charge in [-0.05, 0) is 12.8 Å². The molecule has 2 atom stereocenters. The monoisotopic (exact) mass is 267 g/mol. The van der Waals surface area contributed by atoms with Crippen LogP contribution in [0.1, 0.15) is 12.8 Å². The largest absolute Gasteiger partial charge is 0.471 e. The molecule has 1 fully saturated rings. The summed E-state index contributed by atoms with van der Waals surface area (Å²) in [4.78, 5) is 10.3. The van der Waals surface area contributed by atoms with Gasteiger partial charge in [-0.3, -0.25) is 4.79 Å². The number of carbonyl (C=O) groups excluding carboxylic acids is 1. The summed E-state index contributed by atoms with van der Waals surface area (Å²) in [6.07, 6.45) is -13.6. The fraction of sp³-hybridized carbons (Fsp3) is 0.875. The molecule has 1 aliphatic heterocycles. The topological polar surface area (TPSA) is 20.3 Å². The van der Waals surface area contributed by atoms with E-state index in [1.807, 2.05) is 0 Å². The second-order valence-corrected chi connectivity index (χ2v) is 3.69. The molecule has 1 aliphatic rings. The molecule has 1 amide bonds. The van der Waals surface area contributed by atoms with E-state index < -0.39 is 54.8 Å². The Hall–Kier alpha value is -1.02. The van der Waals surface area contributed by atoms with Crippen LogP contribution in [-0.4, -0.2) is 41.9 Å². The van der Waals surface area contributed by atoms with Crippen LogP contribution in [0.4, 0.5) is 30.7 Å². The van der Waals surface area contributed by atoms with Gasteiger partial charge >= 0.3 is 18.3 Å². The highest BCUT2D eigenvalue weighted by Crippen LogP contribution is 2.35. The number of nitrogens with zero attached hydrogens (tertiary/aromatic N) is 1. The predicted molar refractivity (Wildman–Crippen MR) is 41.7 cm³/mol. The first-order valence-corrected chi connectivity index (χ1v) is 4.62. The zero-order valence-corrected chi connectivity index (χ0v) is 8.28. The van der Waals surface area contributed by atoms with Crippen LogP contribution in [0.25, 0.3) is 0 Å². The fourth-order valence-electron chi connectivity index (χ4n) is 1.65. The molecular formula is C8H8F7NO. The molecule has 1 heterocycles. The van der Waals surface area contributed by atoms with Crippen LogP contribution in [0.3, 0.4) is 0 Å². The van der Waals surface area contributed by atoms with Crippen LogP contribution >= 0.6 is 0 Å². The number of carbonyl (C=O) groups is 1. The average molecular weight is 267 g/mol. The molecule has 1 saturated heterocycles. The number of hydrogen-bond acceptors (Lipinski definition) is 1. The van der Waals surface area contributed by atoms with Gasteiger partial charge in [0.25, 0.3) is 0 Å². The summed E-state index contributed by atoms with van der Waals surface area (Å²) in [5.41, 5.74) is 0. The summed E-state index contributed by atoms with van der Waals surface area (Å²) in [5.74, 6) is -2.65. The van der Waals surface area contributed by atoms with E-state index in [4.69, 9.17) is 0 Å². The third-order valence-electron chi connectivity index (χ3n) is 2.41. The highest BCUT2D eigenvalue weighted by Gasteiger charge is 2.53. The van der Waals surface area contributed by atoms with E-state index in [9.17, 15) is 35.5 Å². The maximum absolute atomic E-state index is 12.8. The zero-order chi connectivity index (χ0) is 13.4. The van der Waals surface area contributed by atoms with Crippen LogP contribution in [0.5, 0.6) is 0 Å². The molecule has 0 aromatic rings. The molecule has 17 heavy (non-hydrogen) atoms. The Kier molecular flexibility index (Phi) is 3.58. The summed E-state index contributed by atoms with van der Waals surface area (Å²) in [7, 11) is 0. The van der Waals surface area contributed by atoms with Crippen molar-refractivity contribution in [3.63, 3.8) is 0 Å². The lowest BCUT2D eigenvalue weighted by Gasteiger charge is -2.38. The number of amides is 1. The van der Waals surface area contributed by atoms with E-state index in [0.29, 0.717) is 0 Å². The summed E-state index contributed by atoms with van der Waals surface area (Å²) in [5, 5.41) is 0. The highest BCUT2D eigenvalue weighted by atomic mass is 19.4. The van der Waals surface area contributed by atoms with Crippen LogP contribution in [0.15, 0.2) is 0 Å². The molecule has 1 rings (SSSR count). The first-order chi connectivity index (χ1) is 7.53. The van der Waals surface area contributed by atoms with Crippen LogP contribution in [-0.2, 0) is 4.79 Å². The third-order valence-corrected chi connectivity index (χ3v) is 2.41. The molecule has 0 spiro atoms. The molecule has 0 aromatic heterocycles. The van der Waals surface area contributed by atoms with E-state index in [-0.39, 0.29) is 0 Å². The number of piperidine rings is 1. The first kappa shape index (κ1) is 14.0. The molecular weight excluding hydrogens is 259 g/mol. The smallest absolute Gasteiger partial charge is 0.320 e. The molecule has 0 saturated carbocycles. The van der Waals surface area contributed by atoms with Crippen molar-refractivity contribution in [1.82, 2.24) is 4.90 Å². The second-order valence-electron chi connectivity index (χ2n) is 3.69. The number of alkyl halides is 7. The fourth-order valence-corrected chi connectivity index (χ4v) is 1.65. The molecule has 0 aromatic carbocycles. The average Bonchev–Trinajstić information content (AvgIpc) is 2.13. The van der Waals surface area contributed by atoms with Crippen molar-refractivity contribution in [1.29, 1.82) is 0 Å². The first-order valence-electron chi connectivity index (χ1n) is 4.62. The summed E-state index contributed by atoms with van der Waals surface area (Å²) in [6.45, 7) is -1.18. The molecule has 0 radical (unpaired) electrons. The van der Waals surface area contributed by atoms with Gasteiger partial charge in [0, 0.05) is 0 Å². The van der Waals surface area contributed by atoms with E-state index >= 15 is 0 Å². The van der Waals surface area contributed by atoms with Crippen molar-refractivity contribution >= 4 is 5.91 Å². The van der Waals surface area contributed by atoms with Gasteiger partial charge in [0.15, 0.2) is 0 Å². The Morgan fingerprint density at radius 3 is 2.00 bits per heavy atom. The maximum atomic E-state index is 12.8. The summed E-state index contributed by atoms with van der Waals surface area (Å²) >= 11 is 0. The van der Waals surface area contributed by atoms with Crippen molar-refractivity contribution < 1.29 is 35.5 Å². The Bertz CT molecular complexity index is 297. The molecule has 2 nitrogen and oxygen atoms in total. The van der Waals surface area contributed by atoms with Gasteiger partial charge in [-0.2, -0.15) is 26.3 Å².